The van der Waals surface area contributed by atoms with E-state index in [0.29, 0.717) is 10.0 Å². The molecule has 8 heteroatoms. The summed E-state index contributed by atoms with van der Waals surface area (Å²) in [7, 11) is 1.83. The van der Waals surface area contributed by atoms with Crippen molar-refractivity contribution < 1.29 is 9.53 Å². The molecule has 0 atom stereocenters. The van der Waals surface area contributed by atoms with E-state index >= 15 is 0 Å². The zero-order valence-electron chi connectivity index (χ0n) is 10.9. The number of ether oxygens (including phenoxy) is 1. The molecule has 0 radical (unpaired) electrons. The summed E-state index contributed by atoms with van der Waals surface area (Å²) in [6.07, 6.45) is 3.56. The summed E-state index contributed by atoms with van der Waals surface area (Å²) in [6.45, 7) is 0.204. The van der Waals surface area contributed by atoms with Gasteiger partial charge in [-0.05, 0) is 12.1 Å². The average Bonchev–Trinajstić information content (AvgIpc) is 3.16. The Morgan fingerprint density at radius 1 is 1.48 bits per heavy atom. The Kier molecular flexibility index (Phi) is 4.05. The molecule has 21 heavy (non-hydrogen) atoms. The molecule has 3 aromatic rings. The van der Waals surface area contributed by atoms with Crippen molar-refractivity contribution in [2.75, 3.05) is 0 Å². The first kappa shape index (κ1) is 14.2. The number of thiophene rings is 1. The lowest BCUT2D eigenvalue weighted by Gasteiger charge is -1.99. The lowest BCUT2D eigenvalue weighted by molar-refractivity contribution is 0.0471. The zero-order valence-corrected chi connectivity index (χ0v) is 13.3. The molecule has 0 saturated heterocycles. The van der Waals surface area contributed by atoms with Gasteiger partial charge in [-0.2, -0.15) is 5.10 Å². The van der Waals surface area contributed by atoms with E-state index in [0.717, 1.165) is 15.4 Å². The summed E-state index contributed by atoms with van der Waals surface area (Å²) in [5, 5.41) is 6.51. The van der Waals surface area contributed by atoms with E-state index in [4.69, 9.17) is 16.3 Å². The van der Waals surface area contributed by atoms with Crippen LogP contribution in [0.4, 0.5) is 0 Å². The lowest BCUT2D eigenvalue weighted by atomic mass is 10.4. The molecular weight excluding hydrogens is 330 g/mol. The van der Waals surface area contributed by atoms with E-state index in [1.165, 1.54) is 22.7 Å². The lowest BCUT2D eigenvalue weighted by Crippen LogP contribution is -2.04. The maximum Gasteiger partial charge on any atom is 0.358 e. The number of carbonyl (C=O) groups is 1. The van der Waals surface area contributed by atoms with Gasteiger partial charge in [0.05, 0.1) is 10.5 Å². The molecule has 108 valence electrons. The fraction of sp³-hybridized carbons (Fsp3) is 0.154. The highest BCUT2D eigenvalue weighted by Gasteiger charge is 2.14. The fourth-order valence-electron chi connectivity index (χ4n) is 1.67. The number of aromatic nitrogens is 3. The van der Waals surface area contributed by atoms with E-state index in [9.17, 15) is 4.79 Å². The molecule has 0 bridgehead atoms. The molecule has 0 fully saturated rings. The molecule has 0 amide bonds. The van der Waals surface area contributed by atoms with Crippen LogP contribution in [-0.4, -0.2) is 20.7 Å². The molecular formula is C13H10ClN3O2S2. The maximum absolute atomic E-state index is 11.9. The van der Waals surface area contributed by atoms with Gasteiger partial charge in [-0.25, -0.2) is 9.78 Å². The Labute approximate surface area is 133 Å². The normalized spacial score (nSPS) is 10.8. The van der Waals surface area contributed by atoms with Crippen LogP contribution < -0.4 is 0 Å². The minimum Gasteiger partial charge on any atom is -0.455 e. The molecule has 0 aliphatic carbocycles. The van der Waals surface area contributed by atoms with Gasteiger partial charge in [0.15, 0.2) is 5.69 Å². The van der Waals surface area contributed by atoms with E-state index in [2.05, 4.69) is 10.1 Å². The van der Waals surface area contributed by atoms with Crippen molar-refractivity contribution in [3.8, 4) is 10.6 Å². The van der Waals surface area contributed by atoms with Crippen molar-refractivity contribution in [1.82, 2.24) is 14.8 Å². The second kappa shape index (κ2) is 5.97. The summed E-state index contributed by atoms with van der Waals surface area (Å²) in [5.74, 6) is -0.439. The summed E-state index contributed by atoms with van der Waals surface area (Å²) in [4.78, 5) is 17.1. The Balaban J connectivity index is 1.66. The van der Waals surface area contributed by atoms with Crippen LogP contribution in [0.1, 0.15) is 15.4 Å². The molecule has 3 rings (SSSR count). The number of thiazole rings is 1. The van der Waals surface area contributed by atoms with Crippen LogP contribution in [0.5, 0.6) is 0 Å². The Bertz CT molecular complexity index is 778. The first-order valence-corrected chi connectivity index (χ1v) is 8.05. The summed E-state index contributed by atoms with van der Waals surface area (Å²) in [6, 6.07) is 3.61. The van der Waals surface area contributed by atoms with Crippen LogP contribution >= 0.6 is 34.3 Å². The molecule has 3 aromatic heterocycles. The summed E-state index contributed by atoms with van der Waals surface area (Å²) < 4.78 is 7.58. The summed E-state index contributed by atoms with van der Waals surface area (Å²) >= 11 is 8.60. The van der Waals surface area contributed by atoms with Gasteiger partial charge in [-0.15, -0.1) is 22.7 Å². The van der Waals surface area contributed by atoms with Gasteiger partial charge >= 0.3 is 5.97 Å². The van der Waals surface area contributed by atoms with Gasteiger partial charge in [0.25, 0.3) is 0 Å². The Morgan fingerprint density at radius 3 is 3.00 bits per heavy atom. The average molecular weight is 340 g/mol. The number of halogens is 1. The highest BCUT2D eigenvalue weighted by atomic mass is 35.5. The third kappa shape index (κ3) is 3.31. The predicted molar refractivity (Wildman–Crippen MR) is 82.8 cm³/mol. The SMILES string of the molecule is Cn1cc(-c2nc(C(=O)OCc3ccc(Cl)s3)cs2)cn1. The largest absolute Gasteiger partial charge is 0.455 e. The third-order valence-electron chi connectivity index (χ3n) is 2.64. The molecule has 0 saturated carbocycles. The quantitative estimate of drug-likeness (QED) is 0.681. The number of carbonyl (C=O) groups excluding carboxylic acids is 1. The van der Waals surface area contributed by atoms with Crippen molar-refractivity contribution in [2.24, 2.45) is 7.05 Å². The topological polar surface area (TPSA) is 57.0 Å². The number of rotatable bonds is 4. The van der Waals surface area contributed by atoms with Crippen LogP contribution in [0.2, 0.25) is 4.34 Å². The minimum atomic E-state index is -0.439. The molecule has 0 aliphatic heterocycles. The van der Waals surface area contributed by atoms with Crippen molar-refractivity contribution >= 4 is 40.2 Å². The molecule has 0 aromatic carbocycles. The molecule has 0 spiro atoms. The van der Waals surface area contributed by atoms with Crippen LogP contribution in [0, 0.1) is 0 Å². The predicted octanol–water partition coefficient (Wildman–Crippen LogP) is 3.62. The number of aryl methyl sites for hydroxylation is 1. The van der Waals surface area contributed by atoms with Crippen LogP contribution in [0.25, 0.3) is 10.6 Å². The second-order valence-electron chi connectivity index (χ2n) is 4.22. The molecule has 0 N–H and O–H groups in total. The van der Waals surface area contributed by atoms with Crippen molar-refractivity contribution in [2.45, 2.75) is 6.61 Å². The van der Waals surface area contributed by atoms with Gasteiger partial charge in [0.1, 0.15) is 11.6 Å². The Morgan fingerprint density at radius 2 is 2.33 bits per heavy atom. The number of nitrogens with zero attached hydrogens (tertiary/aromatic N) is 3. The first-order valence-electron chi connectivity index (χ1n) is 5.98. The highest BCUT2D eigenvalue weighted by molar-refractivity contribution is 7.16. The standard InChI is InChI=1S/C13H10ClN3O2S2/c1-17-5-8(4-15-17)12-16-10(7-20-12)13(18)19-6-9-2-3-11(14)21-9/h2-5,7H,6H2,1H3. The van der Waals surface area contributed by atoms with E-state index in [-0.39, 0.29) is 6.61 Å². The van der Waals surface area contributed by atoms with E-state index in [1.807, 2.05) is 19.3 Å². The van der Waals surface area contributed by atoms with Crippen LogP contribution in [-0.2, 0) is 18.4 Å². The van der Waals surface area contributed by atoms with Crippen molar-refractivity contribution in [1.29, 1.82) is 0 Å². The molecule has 3 heterocycles. The maximum atomic E-state index is 11.9. The Hall–Kier alpha value is -1.70. The van der Waals surface area contributed by atoms with Crippen molar-refractivity contribution in [3.05, 3.63) is 44.8 Å². The molecule has 0 aliphatic rings. The van der Waals surface area contributed by atoms with Crippen LogP contribution in [0.15, 0.2) is 29.9 Å². The monoisotopic (exact) mass is 339 g/mol. The number of esters is 1. The highest BCUT2D eigenvalue weighted by Crippen LogP contribution is 2.24. The zero-order chi connectivity index (χ0) is 14.8. The van der Waals surface area contributed by atoms with E-state index in [1.54, 1.807) is 22.3 Å². The first-order chi connectivity index (χ1) is 10.1. The molecule has 5 nitrogen and oxygen atoms in total. The van der Waals surface area contributed by atoms with E-state index < -0.39 is 5.97 Å². The second-order valence-corrected chi connectivity index (χ2v) is 6.88. The van der Waals surface area contributed by atoms with Gasteiger partial charge in [-0.1, -0.05) is 11.6 Å². The van der Waals surface area contributed by atoms with Gasteiger partial charge < -0.3 is 4.74 Å². The molecule has 0 unspecified atom stereocenters. The van der Waals surface area contributed by atoms with Gasteiger partial charge in [0.2, 0.25) is 0 Å². The minimum absolute atomic E-state index is 0.204. The number of hydrogen-bond acceptors (Lipinski definition) is 6. The third-order valence-corrected chi connectivity index (χ3v) is 4.74. The van der Waals surface area contributed by atoms with Gasteiger partial charge in [-0.3, -0.25) is 4.68 Å². The fourth-order valence-corrected chi connectivity index (χ4v) is 3.44. The van der Waals surface area contributed by atoms with Gasteiger partial charge in [0, 0.05) is 29.1 Å². The smallest absolute Gasteiger partial charge is 0.358 e. The van der Waals surface area contributed by atoms with Crippen LogP contribution in [0.3, 0.4) is 0 Å². The summed E-state index contributed by atoms with van der Waals surface area (Å²) in [5.41, 5.74) is 1.19. The number of hydrogen-bond donors (Lipinski definition) is 0. The van der Waals surface area contributed by atoms with Crippen molar-refractivity contribution in [3.63, 3.8) is 0 Å².